The van der Waals surface area contributed by atoms with Crippen molar-refractivity contribution in [3.63, 3.8) is 0 Å². The van der Waals surface area contributed by atoms with Gasteiger partial charge in [0.25, 0.3) is 0 Å². The van der Waals surface area contributed by atoms with E-state index >= 15 is 0 Å². The van der Waals surface area contributed by atoms with Crippen molar-refractivity contribution in [3.05, 3.63) is 10.6 Å². The Morgan fingerprint density at radius 3 is 2.33 bits per heavy atom. The number of halogens is 2. The van der Waals surface area contributed by atoms with Crippen LogP contribution in [0.3, 0.4) is 0 Å². The molecule has 0 aliphatic rings. The molecule has 0 spiro atoms. The molecule has 0 bridgehead atoms. The largest absolute Gasteiger partial charge is 0.0917 e. The summed E-state index contributed by atoms with van der Waals surface area (Å²) in [5.41, 5.74) is 1.38. The van der Waals surface area contributed by atoms with Gasteiger partial charge in [0, 0.05) is 10.6 Å². The standard InChI is InChI=1S/C4H6Cl2/c1-2-4(6)3-5/h3H,2H2,1H3/b4-3-. The Bertz CT molecular complexity index is 56.6. The number of rotatable bonds is 1. The van der Waals surface area contributed by atoms with Gasteiger partial charge in [-0.05, 0) is 6.42 Å². The summed E-state index contributed by atoms with van der Waals surface area (Å²) >= 11 is 10.5. The minimum Gasteiger partial charge on any atom is -0.0917 e. The molecule has 6 heavy (non-hydrogen) atoms. The Morgan fingerprint density at radius 1 is 1.83 bits per heavy atom. The van der Waals surface area contributed by atoms with E-state index < -0.39 is 0 Å². The molecule has 0 nitrogen and oxygen atoms in total. The molecule has 0 fully saturated rings. The zero-order chi connectivity index (χ0) is 4.99. The highest BCUT2D eigenvalue weighted by molar-refractivity contribution is 6.36. The van der Waals surface area contributed by atoms with Crippen LogP contribution >= 0.6 is 23.2 Å². The quantitative estimate of drug-likeness (QED) is 0.505. The lowest BCUT2D eigenvalue weighted by Gasteiger charge is -1.80. The molecule has 0 atom stereocenters. The summed E-state index contributed by atoms with van der Waals surface area (Å²) < 4.78 is 0. The smallest absolute Gasteiger partial charge is 0.0291 e. The minimum atomic E-state index is 0.705. The molecule has 0 radical (unpaired) electrons. The van der Waals surface area contributed by atoms with E-state index in [0.29, 0.717) is 5.03 Å². The fourth-order valence-electron chi connectivity index (χ4n) is 0.0772. The normalized spacial score (nSPS) is 12.2. The van der Waals surface area contributed by atoms with Gasteiger partial charge in [0.15, 0.2) is 0 Å². The maximum absolute atomic E-state index is 5.38. The van der Waals surface area contributed by atoms with Crippen molar-refractivity contribution in [1.82, 2.24) is 0 Å². The predicted molar refractivity (Wildman–Crippen MR) is 30.1 cm³/mol. The molecule has 0 aliphatic heterocycles. The molecule has 0 aromatic rings. The Hall–Kier alpha value is 0.320. The topological polar surface area (TPSA) is 0 Å². The molecule has 0 rings (SSSR count). The van der Waals surface area contributed by atoms with E-state index in [1.54, 1.807) is 0 Å². The SMILES string of the molecule is CC/C(Cl)=C/Cl. The maximum atomic E-state index is 5.38. The first-order valence-electron chi connectivity index (χ1n) is 1.76. The molecule has 0 amide bonds. The molecule has 0 aromatic carbocycles. The first kappa shape index (κ1) is 6.32. The van der Waals surface area contributed by atoms with Gasteiger partial charge in [-0.25, -0.2) is 0 Å². The molecule has 0 heterocycles. The van der Waals surface area contributed by atoms with Crippen molar-refractivity contribution >= 4 is 23.2 Å². The maximum Gasteiger partial charge on any atom is 0.0291 e. The molecule has 2 heteroatoms. The van der Waals surface area contributed by atoms with Gasteiger partial charge in [-0.3, -0.25) is 0 Å². The molecule has 0 aromatic heterocycles. The van der Waals surface area contributed by atoms with Crippen LogP contribution in [0.2, 0.25) is 0 Å². The van der Waals surface area contributed by atoms with Gasteiger partial charge < -0.3 is 0 Å². The van der Waals surface area contributed by atoms with Crippen molar-refractivity contribution in [2.75, 3.05) is 0 Å². The van der Waals surface area contributed by atoms with Crippen LogP contribution in [-0.2, 0) is 0 Å². The average Bonchev–Trinajstić information content (AvgIpc) is 1.65. The number of hydrogen-bond acceptors (Lipinski definition) is 0. The Labute approximate surface area is 47.8 Å². The summed E-state index contributed by atoms with van der Waals surface area (Å²) in [4.78, 5) is 0. The molecule has 36 valence electrons. The molecule has 0 unspecified atom stereocenters. The summed E-state index contributed by atoms with van der Waals surface area (Å²) in [5.74, 6) is 0. The van der Waals surface area contributed by atoms with E-state index in [1.807, 2.05) is 6.92 Å². The second-order valence-corrected chi connectivity index (χ2v) is 1.61. The van der Waals surface area contributed by atoms with Gasteiger partial charge in [0.1, 0.15) is 0 Å². The van der Waals surface area contributed by atoms with Crippen LogP contribution in [0.15, 0.2) is 10.6 Å². The third-order valence-electron chi connectivity index (χ3n) is 0.456. The second-order valence-electron chi connectivity index (χ2n) is 0.910. The molecule has 0 aliphatic carbocycles. The Balaban J connectivity index is 3.22. The monoisotopic (exact) mass is 124 g/mol. The van der Waals surface area contributed by atoms with Crippen molar-refractivity contribution < 1.29 is 0 Å². The Morgan fingerprint density at radius 2 is 2.33 bits per heavy atom. The van der Waals surface area contributed by atoms with Crippen LogP contribution in [0.5, 0.6) is 0 Å². The fraction of sp³-hybridized carbons (Fsp3) is 0.500. The van der Waals surface area contributed by atoms with Gasteiger partial charge in [-0.15, -0.1) is 0 Å². The van der Waals surface area contributed by atoms with Crippen LogP contribution in [0, 0.1) is 0 Å². The van der Waals surface area contributed by atoms with Crippen LogP contribution in [0.4, 0.5) is 0 Å². The number of allylic oxidation sites excluding steroid dienone is 1. The molecule has 0 N–H and O–H groups in total. The van der Waals surface area contributed by atoms with E-state index in [-0.39, 0.29) is 0 Å². The first-order valence-corrected chi connectivity index (χ1v) is 2.57. The van der Waals surface area contributed by atoms with Gasteiger partial charge in [-0.2, -0.15) is 0 Å². The highest BCUT2D eigenvalue weighted by atomic mass is 35.5. The summed E-state index contributed by atoms with van der Waals surface area (Å²) in [6.07, 6.45) is 0.824. The van der Waals surface area contributed by atoms with Crippen LogP contribution in [0.25, 0.3) is 0 Å². The predicted octanol–water partition coefficient (Wildman–Crippen LogP) is 2.72. The second kappa shape index (κ2) is 3.51. The van der Waals surface area contributed by atoms with Gasteiger partial charge in [-0.1, -0.05) is 30.1 Å². The van der Waals surface area contributed by atoms with Gasteiger partial charge in [0.2, 0.25) is 0 Å². The Kier molecular flexibility index (Phi) is 3.70. The number of hydrogen-bond donors (Lipinski definition) is 0. The van der Waals surface area contributed by atoms with Crippen LogP contribution < -0.4 is 0 Å². The highest BCUT2D eigenvalue weighted by Crippen LogP contribution is 2.05. The third-order valence-corrected chi connectivity index (χ3v) is 1.21. The third kappa shape index (κ3) is 2.55. The van der Waals surface area contributed by atoms with E-state index in [2.05, 4.69) is 0 Å². The van der Waals surface area contributed by atoms with Crippen molar-refractivity contribution in [1.29, 1.82) is 0 Å². The van der Waals surface area contributed by atoms with E-state index in [4.69, 9.17) is 23.2 Å². The summed E-state index contributed by atoms with van der Waals surface area (Å²) in [5, 5.41) is 0.705. The van der Waals surface area contributed by atoms with E-state index in [1.165, 1.54) is 5.54 Å². The molecular weight excluding hydrogens is 119 g/mol. The van der Waals surface area contributed by atoms with Crippen LogP contribution in [-0.4, -0.2) is 0 Å². The zero-order valence-electron chi connectivity index (χ0n) is 3.54. The highest BCUT2D eigenvalue weighted by Gasteiger charge is 1.78. The van der Waals surface area contributed by atoms with E-state index in [9.17, 15) is 0 Å². The van der Waals surface area contributed by atoms with Crippen molar-refractivity contribution in [3.8, 4) is 0 Å². The lowest BCUT2D eigenvalue weighted by Crippen LogP contribution is -1.57. The zero-order valence-corrected chi connectivity index (χ0v) is 5.05. The summed E-state index contributed by atoms with van der Waals surface area (Å²) in [6.45, 7) is 1.95. The van der Waals surface area contributed by atoms with Crippen LogP contribution in [0.1, 0.15) is 13.3 Å². The van der Waals surface area contributed by atoms with Gasteiger partial charge in [0.05, 0.1) is 0 Å². The molecule has 0 saturated heterocycles. The van der Waals surface area contributed by atoms with Crippen molar-refractivity contribution in [2.45, 2.75) is 13.3 Å². The lowest BCUT2D eigenvalue weighted by molar-refractivity contribution is 1.20. The van der Waals surface area contributed by atoms with Crippen molar-refractivity contribution in [2.24, 2.45) is 0 Å². The minimum absolute atomic E-state index is 0.705. The average molecular weight is 125 g/mol. The van der Waals surface area contributed by atoms with Gasteiger partial charge >= 0.3 is 0 Å². The molecule has 0 saturated carbocycles. The van der Waals surface area contributed by atoms with E-state index in [0.717, 1.165) is 6.42 Å². The lowest BCUT2D eigenvalue weighted by atomic mass is 10.5. The summed E-state index contributed by atoms with van der Waals surface area (Å²) in [6, 6.07) is 0. The fourth-order valence-corrected chi connectivity index (χ4v) is 0.231. The molecular formula is C4H6Cl2. The summed E-state index contributed by atoms with van der Waals surface area (Å²) in [7, 11) is 0. The first-order chi connectivity index (χ1) is 2.81.